The second-order valence-electron chi connectivity index (χ2n) is 9.73. The van der Waals surface area contributed by atoms with Gasteiger partial charge in [-0.2, -0.15) is 12.6 Å². The minimum Gasteiger partial charge on any atom is -0.497 e. The van der Waals surface area contributed by atoms with Crippen LogP contribution in [0.1, 0.15) is 36.8 Å². The Balaban J connectivity index is 1.31. The predicted molar refractivity (Wildman–Crippen MR) is 156 cm³/mol. The summed E-state index contributed by atoms with van der Waals surface area (Å²) in [7, 11) is 1.69. The van der Waals surface area contributed by atoms with Crippen LogP contribution >= 0.6 is 24.2 Å². The summed E-state index contributed by atoms with van der Waals surface area (Å²) in [6.45, 7) is 4.71. The van der Waals surface area contributed by atoms with Crippen molar-refractivity contribution in [2.75, 3.05) is 25.5 Å². The summed E-state index contributed by atoms with van der Waals surface area (Å²) < 4.78 is 7.66. The van der Waals surface area contributed by atoms with E-state index >= 15 is 0 Å². The molecule has 1 atom stereocenters. The molecule has 1 unspecified atom stereocenters. The summed E-state index contributed by atoms with van der Waals surface area (Å²) in [6.07, 6.45) is 4.40. The molecule has 4 aromatic rings. The average Bonchev–Trinajstić information content (AvgIpc) is 3.26. The van der Waals surface area contributed by atoms with E-state index in [1.165, 1.54) is 16.5 Å². The van der Waals surface area contributed by atoms with Crippen LogP contribution in [-0.4, -0.2) is 40.8 Å². The summed E-state index contributed by atoms with van der Waals surface area (Å²) in [4.78, 5) is 14.6. The van der Waals surface area contributed by atoms with Gasteiger partial charge >= 0.3 is 0 Å². The number of aromatic nitrogens is 1. The number of carbonyl (C=O) groups excluding carboxylic acids is 1. The van der Waals surface area contributed by atoms with Gasteiger partial charge in [-0.3, -0.25) is 9.69 Å². The minimum absolute atomic E-state index is 0.0790. The number of carbonyl (C=O) groups is 1. The molecule has 7 heteroatoms. The first-order chi connectivity index (χ1) is 17.9. The van der Waals surface area contributed by atoms with Crippen LogP contribution in [0.2, 0.25) is 5.02 Å². The van der Waals surface area contributed by atoms with Crippen LogP contribution in [0.5, 0.6) is 5.75 Å². The first-order valence-electron chi connectivity index (χ1n) is 12.7. The number of benzene rings is 3. The van der Waals surface area contributed by atoms with E-state index in [0.717, 1.165) is 60.1 Å². The lowest BCUT2D eigenvalue weighted by atomic mass is 9.89. The number of hydrogen-bond acceptors (Lipinski definition) is 4. The maximum Gasteiger partial charge on any atom is 0.236 e. The molecule has 3 aromatic carbocycles. The number of likely N-dealkylation sites (tertiary alicyclic amines) is 1. The Morgan fingerprint density at radius 3 is 2.65 bits per heavy atom. The van der Waals surface area contributed by atoms with Crippen molar-refractivity contribution < 1.29 is 9.53 Å². The maximum atomic E-state index is 12.0. The largest absolute Gasteiger partial charge is 0.497 e. The highest BCUT2D eigenvalue weighted by molar-refractivity contribution is 7.81. The number of nitrogens with zero attached hydrogens (tertiary/aromatic N) is 2. The van der Waals surface area contributed by atoms with E-state index in [0.29, 0.717) is 5.92 Å². The lowest BCUT2D eigenvalue weighted by Crippen LogP contribution is -2.32. The number of amides is 1. The summed E-state index contributed by atoms with van der Waals surface area (Å²) in [5.74, 6) is 1.23. The van der Waals surface area contributed by atoms with Crippen molar-refractivity contribution in [3.63, 3.8) is 0 Å². The molecule has 5 rings (SSSR count). The molecular formula is C30H32ClN3O2S. The lowest BCUT2D eigenvalue weighted by molar-refractivity contribution is -0.115. The smallest absolute Gasteiger partial charge is 0.236 e. The number of anilines is 1. The van der Waals surface area contributed by atoms with Crippen molar-refractivity contribution in [2.45, 2.75) is 37.5 Å². The number of fused-ring (bicyclic) bond motifs is 1. The summed E-state index contributed by atoms with van der Waals surface area (Å²) >= 11 is 10.6. The van der Waals surface area contributed by atoms with E-state index in [1.54, 1.807) is 14.0 Å². The molecule has 0 aliphatic carbocycles. The molecule has 1 amide bonds. The molecule has 0 spiro atoms. The summed E-state index contributed by atoms with van der Waals surface area (Å²) in [5, 5.41) is 4.57. The SMILES string of the molecule is COc1cccc(-n2cc(CN3CCC(c4cccc(NC(=O)C(C)S)c4)CC3)c3ccc(Cl)cc32)c1. The van der Waals surface area contributed by atoms with Gasteiger partial charge in [0.05, 0.1) is 17.9 Å². The van der Waals surface area contributed by atoms with Crippen molar-refractivity contribution in [1.29, 1.82) is 0 Å². The highest BCUT2D eigenvalue weighted by Gasteiger charge is 2.22. The topological polar surface area (TPSA) is 46.5 Å². The zero-order valence-electron chi connectivity index (χ0n) is 21.2. The van der Waals surface area contributed by atoms with Crippen LogP contribution in [0.3, 0.4) is 0 Å². The second-order valence-corrected chi connectivity index (χ2v) is 10.9. The zero-order valence-corrected chi connectivity index (χ0v) is 22.8. The Bertz CT molecular complexity index is 1410. The molecule has 1 aliphatic heterocycles. The monoisotopic (exact) mass is 533 g/mol. The summed E-state index contributed by atoms with van der Waals surface area (Å²) in [6, 6.07) is 22.5. The molecule has 1 aromatic heterocycles. The minimum atomic E-state index is -0.335. The van der Waals surface area contributed by atoms with Gasteiger partial charge in [0.2, 0.25) is 5.91 Å². The Morgan fingerprint density at radius 1 is 1.11 bits per heavy atom. The first-order valence-corrected chi connectivity index (χ1v) is 13.6. The van der Waals surface area contributed by atoms with Crippen molar-refractivity contribution in [3.8, 4) is 11.4 Å². The molecule has 1 N–H and O–H groups in total. The van der Waals surface area contributed by atoms with Crippen molar-refractivity contribution in [2.24, 2.45) is 0 Å². The average molecular weight is 534 g/mol. The molecule has 192 valence electrons. The molecule has 0 radical (unpaired) electrons. The van der Waals surface area contributed by atoms with Crippen molar-refractivity contribution in [1.82, 2.24) is 9.47 Å². The van der Waals surface area contributed by atoms with Crippen LogP contribution < -0.4 is 10.1 Å². The number of thiol groups is 1. The fraction of sp³-hybridized carbons (Fsp3) is 0.300. The maximum absolute atomic E-state index is 12.0. The summed E-state index contributed by atoms with van der Waals surface area (Å²) in [5.41, 5.74) is 5.57. The number of rotatable bonds is 7. The van der Waals surface area contributed by atoms with E-state index in [4.69, 9.17) is 16.3 Å². The zero-order chi connectivity index (χ0) is 25.9. The fourth-order valence-electron chi connectivity index (χ4n) is 5.15. The number of halogens is 1. The van der Waals surface area contributed by atoms with Gasteiger partial charge in [0, 0.05) is 40.6 Å². The molecule has 5 nitrogen and oxygen atoms in total. The van der Waals surface area contributed by atoms with Gasteiger partial charge in [0.15, 0.2) is 0 Å². The van der Waals surface area contributed by atoms with E-state index < -0.39 is 0 Å². The van der Waals surface area contributed by atoms with E-state index in [-0.39, 0.29) is 11.2 Å². The van der Waals surface area contributed by atoms with Crippen molar-refractivity contribution >= 4 is 46.7 Å². The normalized spacial score (nSPS) is 15.6. The van der Waals surface area contributed by atoms with Gasteiger partial charge in [-0.05, 0) is 86.3 Å². The van der Waals surface area contributed by atoms with Crippen LogP contribution in [0.4, 0.5) is 5.69 Å². The molecule has 1 fully saturated rings. The quantitative estimate of drug-likeness (QED) is 0.253. The number of piperidine rings is 1. The Kier molecular flexibility index (Phi) is 7.79. The molecule has 1 aliphatic rings. The highest BCUT2D eigenvalue weighted by atomic mass is 35.5. The van der Waals surface area contributed by atoms with Gasteiger partial charge in [-0.25, -0.2) is 0 Å². The molecule has 2 heterocycles. The van der Waals surface area contributed by atoms with Crippen LogP contribution in [-0.2, 0) is 11.3 Å². The molecule has 0 saturated carbocycles. The van der Waals surface area contributed by atoms with Gasteiger partial charge in [-0.1, -0.05) is 35.9 Å². The predicted octanol–water partition coefficient (Wildman–Crippen LogP) is 6.93. The van der Waals surface area contributed by atoms with E-state index in [9.17, 15) is 4.79 Å². The molecular weight excluding hydrogens is 502 g/mol. The molecule has 1 saturated heterocycles. The lowest BCUT2D eigenvalue weighted by Gasteiger charge is -2.32. The molecule has 37 heavy (non-hydrogen) atoms. The van der Waals surface area contributed by atoms with Gasteiger partial charge in [-0.15, -0.1) is 0 Å². The number of nitrogens with one attached hydrogen (secondary N) is 1. The first kappa shape index (κ1) is 25.7. The van der Waals surface area contributed by atoms with Gasteiger partial charge in [0.1, 0.15) is 5.75 Å². The standard InChI is InChI=1S/C30H32ClN3O2S/c1-20(37)30(35)32-25-6-3-5-22(15-25)21-11-13-33(14-12-21)18-23-19-34(26-7-4-8-27(17-26)36-2)29-16-24(31)9-10-28(23)29/h3-10,15-17,19-21,37H,11-14,18H2,1-2H3,(H,32,35). The number of hydrogen-bond donors (Lipinski definition) is 2. The third-order valence-corrected chi connectivity index (χ3v) is 7.64. The van der Waals surface area contributed by atoms with Crippen LogP contribution in [0.25, 0.3) is 16.6 Å². The Hall–Kier alpha value is -2.93. The van der Waals surface area contributed by atoms with Crippen molar-refractivity contribution in [3.05, 3.63) is 89.1 Å². The molecule has 0 bridgehead atoms. The third-order valence-electron chi connectivity index (χ3n) is 7.17. The highest BCUT2D eigenvalue weighted by Crippen LogP contribution is 2.33. The van der Waals surface area contributed by atoms with Gasteiger partial charge in [0.25, 0.3) is 0 Å². The van der Waals surface area contributed by atoms with Gasteiger partial charge < -0.3 is 14.6 Å². The second kappa shape index (κ2) is 11.2. The van der Waals surface area contributed by atoms with Crippen LogP contribution in [0, 0.1) is 0 Å². The number of ether oxygens (including phenoxy) is 1. The third kappa shape index (κ3) is 5.82. The number of methoxy groups -OCH3 is 1. The Morgan fingerprint density at radius 2 is 1.89 bits per heavy atom. The van der Waals surface area contributed by atoms with E-state index in [2.05, 4.69) is 57.9 Å². The van der Waals surface area contributed by atoms with Crippen LogP contribution in [0.15, 0.2) is 72.9 Å². The fourth-order valence-corrected chi connectivity index (χ4v) is 5.38. The van der Waals surface area contributed by atoms with E-state index in [1.807, 2.05) is 42.5 Å². The Labute approximate surface area is 228 Å².